The maximum atomic E-state index is 6.42. The van der Waals surface area contributed by atoms with Crippen LogP contribution in [-0.2, 0) is 5.41 Å². The lowest BCUT2D eigenvalue weighted by molar-refractivity contribution is 0.661. The SMILES string of the molecule is CC1(C)c2cc3ccccc3cc2-c2c(-c3nc(-c4ccc(-c5cccc6c5oc5ccccc56)cc4)nc(-c4ccc(-c5cccc6c5oc5ccccc56)cc4)n3)cccc21. The number of furan rings is 2. The van der Waals surface area contributed by atoms with Crippen molar-refractivity contribution in [1.29, 1.82) is 0 Å². The Bertz CT molecular complexity index is 3640. The van der Waals surface area contributed by atoms with Crippen molar-refractivity contribution in [2.75, 3.05) is 0 Å². The zero-order valence-electron chi connectivity index (χ0n) is 34.6. The maximum absolute atomic E-state index is 6.42. The summed E-state index contributed by atoms with van der Waals surface area (Å²) in [5.41, 5.74) is 15.3. The van der Waals surface area contributed by atoms with Gasteiger partial charge in [-0.2, -0.15) is 0 Å². The fraction of sp³-hybridized carbons (Fsp3) is 0.0517. The van der Waals surface area contributed by atoms with Crippen LogP contribution in [-0.4, -0.2) is 15.0 Å². The highest BCUT2D eigenvalue weighted by Crippen LogP contribution is 2.53. The van der Waals surface area contributed by atoms with Crippen molar-refractivity contribution in [2.45, 2.75) is 19.3 Å². The van der Waals surface area contributed by atoms with Gasteiger partial charge in [0.15, 0.2) is 17.5 Å². The minimum Gasteiger partial charge on any atom is -0.455 e. The molecule has 0 saturated carbocycles. The number of rotatable bonds is 5. The Kier molecular flexibility index (Phi) is 7.58. The molecule has 13 rings (SSSR count). The number of aromatic nitrogens is 3. The number of para-hydroxylation sites is 4. The van der Waals surface area contributed by atoms with Gasteiger partial charge in [-0.3, -0.25) is 0 Å². The molecule has 0 saturated heterocycles. The quantitative estimate of drug-likeness (QED) is 0.173. The van der Waals surface area contributed by atoms with Crippen molar-refractivity contribution >= 4 is 54.6 Å². The van der Waals surface area contributed by atoms with E-state index in [0.29, 0.717) is 17.5 Å². The summed E-state index contributed by atoms with van der Waals surface area (Å²) in [6.07, 6.45) is 0. The summed E-state index contributed by atoms with van der Waals surface area (Å²) >= 11 is 0. The number of hydrogen-bond acceptors (Lipinski definition) is 5. The van der Waals surface area contributed by atoms with Gasteiger partial charge in [0.05, 0.1) is 0 Å². The summed E-state index contributed by atoms with van der Waals surface area (Å²) in [4.78, 5) is 15.8. The maximum Gasteiger partial charge on any atom is 0.164 e. The summed E-state index contributed by atoms with van der Waals surface area (Å²) in [5, 5.41) is 6.89. The smallest absolute Gasteiger partial charge is 0.164 e. The monoisotopic (exact) mass is 807 g/mol. The summed E-state index contributed by atoms with van der Waals surface area (Å²) in [5.74, 6) is 1.84. The summed E-state index contributed by atoms with van der Waals surface area (Å²) in [6.45, 7) is 4.64. The van der Waals surface area contributed by atoms with Crippen LogP contribution in [0.15, 0.2) is 197 Å². The first kappa shape index (κ1) is 35.6. The van der Waals surface area contributed by atoms with Crippen molar-refractivity contribution in [2.24, 2.45) is 0 Å². The van der Waals surface area contributed by atoms with Crippen molar-refractivity contribution in [3.8, 4) is 67.5 Å². The minimum absolute atomic E-state index is 0.208. The Hall–Kier alpha value is -8.15. The third-order valence-electron chi connectivity index (χ3n) is 13.2. The number of fused-ring (bicyclic) bond motifs is 10. The van der Waals surface area contributed by atoms with Crippen LogP contribution in [0.1, 0.15) is 25.0 Å². The van der Waals surface area contributed by atoms with Crippen LogP contribution in [0, 0.1) is 0 Å². The molecular weight excluding hydrogens is 771 g/mol. The molecule has 0 unspecified atom stereocenters. The van der Waals surface area contributed by atoms with Crippen molar-refractivity contribution in [1.82, 2.24) is 15.0 Å². The van der Waals surface area contributed by atoms with E-state index in [-0.39, 0.29) is 5.41 Å². The largest absolute Gasteiger partial charge is 0.455 e. The molecule has 0 spiro atoms. The molecule has 0 radical (unpaired) electrons. The third-order valence-corrected chi connectivity index (χ3v) is 13.2. The van der Waals surface area contributed by atoms with E-state index in [1.165, 1.54) is 33.0 Å². The second-order valence-electron chi connectivity index (χ2n) is 17.1. The lowest BCUT2D eigenvalue weighted by Crippen LogP contribution is -2.15. The molecule has 3 heterocycles. The normalized spacial score (nSPS) is 13.0. The molecule has 0 atom stereocenters. The van der Waals surface area contributed by atoms with Crippen LogP contribution in [0.25, 0.3) is 122 Å². The van der Waals surface area contributed by atoms with E-state index in [1.807, 2.05) is 24.3 Å². The van der Waals surface area contributed by atoms with Gasteiger partial charge in [0.2, 0.25) is 0 Å². The van der Waals surface area contributed by atoms with Gasteiger partial charge in [-0.1, -0.05) is 178 Å². The van der Waals surface area contributed by atoms with Gasteiger partial charge in [0.1, 0.15) is 22.3 Å². The first-order valence-electron chi connectivity index (χ1n) is 21.4. The molecular formula is C58H37N3O2. The highest BCUT2D eigenvalue weighted by atomic mass is 16.3. The minimum atomic E-state index is -0.208. The van der Waals surface area contributed by atoms with E-state index in [9.17, 15) is 0 Å². The van der Waals surface area contributed by atoms with E-state index < -0.39 is 0 Å². The van der Waals surface area contributed by atoms with Crippen molar-refractivity contribution < 1.29 is 8.83 Å². The topological polar surface area (TPSA) is 65.0 Å². The molecule has 12 aromatic rings. The predicted octanol–water partition coefficient (Wildman–Crippen LogP) is 15.5. The zero-order chi connectivity index (χ0) is 41.8. The molecule has 0 amide bonds. The summed E-state index contributed by atoms with van der Waals surface area (Å²) < 4.78 is 12.8. The number of benzene rings is 9. The van der Waals surface area contributed by atoms with Gasteiger partial charge in [-0.05, 0) is 68.4 Å². The third kappa shape index (κ3) is 5.46. The Labute approximate surface area is 363 Å². The molecule has 1 aliphatic rings. The first-order valence-corrected chi connectivity index (χ1v) is 21.4. The second kappa shape index (κ2) is 13.4. The van der Waals surface area contributed by atoms with E-state index in [0.717, 1.165) is 82.8 Å². The molecule has 0 bridgehead atoms. The van der Waals surface area contributed by atoms with E-state index in [1.54, 1.807) is 0 Å². The van der Waals surface area contributed by atoms with Crippen LogP contribution in [0.3, 0.4) is 0 Å². The number of hydrogen-bond donors (Lipinski definition) is 0. The van der Waals surface area contributed by atoms with Gasteiger partial charge in [0.25, 0.3) is 0 Å². The molecule has 0 fully saturated rings. The predicted molar refractivity (Wildman–Crippen MR) is 257 cm³/mol. The average molecular weight is 808 g/mol. The van der Waals surface area contributed by atoms with E-state index in [4.69, 9.17) is 23.8 Å². The van der Waals surface area contributed by atoms with Gasteiger partial charge >= 0.3 is 0 Å². The number of nitrogens with zero attached hydrogens (tertiary/aromatic N) is 3. The molecule has 296 valence electrons. The molecule has 5 heteroatoms. The van der Waals surface area contributed by atoms with Crippen molar-refractivity contribution in [3.05, 3.63) is 199 Å². The van der Waals surface area contributed by atoms with Crippen LogP contribution in [0.2, 0.25) is 0 Å². The molecule has 63 heavy (non-hydrogen) atoms. The molecule has 3 aromatic heterocycles. The molecule has 9 aromatic carbocycles. The standard InChI is InChI=1S/C58H37N3O2/c1-58(2)48-21-11-20-46(52(48)47-32-38-12-3-4-13-39(38)33-49(47)58)57-60-55(36-28-24-34(25-29-36)40-16-9-18-44-42-14-5-7-22-50(42)62-53(40)44)59-56(61-57)37-30-26-35(27-31-37)41-17-10-19-45-43-15-6-8-23-51(43)63-54(41)45/h3-33H,1-2H3. The second-order valence-corrected chi connectivity index (χ2v) is 17.1. The van der Waals surface area contributed by atoms with Gasteiger partial charge in [-0.15, -0.1) is 0 Å². The van der Waals surface area contributed by atoms with Gasteiger partial charge < -0.3 is 8.83 Å². The van der Waals surface area contributed by atoms with Crippen molar-refractivity contribution in [3.63, 3.8) is 0 Å². The Morgan fingerprint density at radius 1 is 0.349 bits per heavy atom. The van der Waals surface area contributed by atoms with Gasteiger partial charge in [-0.25, -0.2) is 15.0 Å². The lowest BCUT2D eigenvalue weighted by Gasteiger charge is -2.22. The Balaban J connectivity index is 0.964. The highest BCUT2D eigenvalue weighted by Gasteiger charge is 2.37. The lowest BCUT2D eigenvalue weighted by atomic mass is 9.81. The molecule has 1 aliphatic carbocycles. The first-order chi connectivity index (χ1) is 31.0. The van der Waals surface area contributed by atoms with Crippen LogP contribution < -0.4 is 0 Å². The highest BCUT2D eigenvalue weighted by molar-refractivity contribution is 6.10. The van der Waals surface area contributed by atoms with Crippen LogP contribution in [0.4, 0.5) is 0 Å². The van der Waals surface area contributed by atoms with E-state index >= 15 is 0 Å². The Morgan fingerprint density at radius 2 is 0.794 bits per heavy atom. The van der Waals surface area contributed by atoms with Crippen LogP contribution >= 0.6 is 0 Å². The Morgan fingerprint density at radius 3 is 1.37 bits per heavy atom. The summed E-state index contributed by atoms with van der Waals surface area (Å²) in [6, 6.07) is 66.0. The zero-order valence-corrected chi connectivity index (χ0v) is 34.6. The van der Waals surface area contributed by atoms with Gasteiger partial charge in [0, 0.05) is 54.8 Å². The fourth-order valence-corrected chi connectivity index (χ4v) is 9.96. The average Bonchev–Trinajstić information content (AvgIpc) is 3.98. The van der Waals surface area contributed by atoms with Crippen LogP contribution in [0.5, 0.6) is 0 Å². The molecule has 0 aliphatic heterocycles. The molecule has 0 N–H and O–H groups in total. The summed E-state index contributed by atoms with van der Waals surface area (Å²) in [7, 11) is 0. The van der Waals surface area contributed by atoms with E-state index in [2.05, 4.69) is 178 Å². The fourth-order valence-electron chi connectivity index (χ4n) is 9.96. The molecule has 5 nitrogen and oxygen atoms in total.